The molecule has 6 heterocycles. The normalized spacial score (nSPS) is 11.1. The van der Waals surface area contributed by atoms with Crippen molar-refractivity contribution < 1.29 is 32.6 Å². The quantitative estimate of drug-likeness (QED) is 0.0791. The van der Waals surface area contributed by atoms with Crippen molar-refractivity contribution in [1.29, 1.82) is 0 Å². The maximum atomic E-state index is 13.7. The van der Waals surface area contributed by atoms with Crippen LogP contribution in [-0.4, -0.2) is 90.9 Å². The van der Waals surface area contributed by atoms with Gasteiger partial charge in [0.2, 0.25) is 0 Å². The van der Waals surface area contributed by atoms with Crippen LogP contribution in [0.25, 0.3) is 20.7 Å². The molecular weight excluding hydrogens is 783 g/mol. The Labute approximate surface area is 334 Å². The van der Waals surface area contributed by atoms with E-state index in [-0.39, 0.29) is 48.9 Å². The first-order chi connectivity index (χ1) is 27.5. The van der Waals surface area contributed by atoms with Crippen molar-refractivity contribution in [2.75, 3.05) is 37.9 Å². The third-order valence-corrected chi connectivity index (χ3v) is 9.55. The number of anilines is 2. The number of methoxy groups -OCH3 is 2. The highest BCUT2D eigenvalue weighted by Crippen LogP contribution is 2.26. The fraction of sp³-hybridized carbons (Fsp3) is 0.361. The Hall–Kier alpha value is -5.77. The van der Waals surface area contributed by atoms with Crippen LogP contribution in [-0.2, 0) is 49.8 Å². The molecule has 57 heavy (non-hydrogen) atoms. The van der Waals surface area contributed by atoms with Crippen molar-refractivity contribution in [2.45, 2.75) is 58.7 Å². The summed E-state index contributed by atoms with van der Waals surface area (Å²) in [5.74, 6) is -0.484. The molecule has 1 atom stereocenters. The summed E-state index contributed by atoms with van der Waals surface area (Å²) in [6, 6.07) is 5.87. The molecule has 6 aromatic heterocycles. The second-order valence-corrected chi connectivity index (χ2v) is 14.0. The average Bonchev–Trinajstić information content (AvgIpc) is 3.82. The summed E-state index contributed by atoms with van der Waals surface area (Å²) in [7, 11) is 2.64. The van der Waals surface area contributed by atoms with Gasteiger partial charge in [0.25, 0.3) is 0 Å². The second-order valence-electron chi connectivity index (χ2n) is 11.9. The molecule has 0 fully saturated rings. The van der Waals surface area contributed by atoms with E-state index in [1.807, 2.05) is 6.92 Å². The topological polar surface area (TPSA) is 235 Å². The Kier molecular flexibility index (Phi) is 17.5. The number of thiazole rings is 2. The SMILES string of the molecule is COC(=O)CC(C)=O.COC(=O)CC(C)NCCc1nc2c(NCc3ncccc3F)ncnc2s1.NCCc1nc2c(NCc3ncccc3F)ncnc2s1. The van der Waals surface area contributed by atoms with Crippen molar-refractivity contribution in [3.8, 4) is 0 Å². The van der Waals surface area contributed by atoms with Gasteiger partial charge in [-0.15, -0.1) is 0 Å². The van der Waals surface area contributed by atoms with E-state index in [9.17, 15) is 23.2 Å². The van der Waals surface area contributed by atoms with Gasteiger partial charge in [-0.25, -0.2) is 38.7 Å². The van der Waals surface area contributed by atoms with E-state index in [2.05, 4.69) is 65.3 Å². The molecule has 0 amide bonds. The van der Waals surface area contributed by atoms with Crippen molar-refractivity contribution in [3.05, 3.63) is 82.4 Å². The zero-order chi connectivity index (χ0) is 41.2. The van der Waals surface area contributed by atoms with Crippen LogP contribution in [0, 0.1) is 11.6 Å². The fourth-order valence-corrected chi connectivity index (χ4v) is 6.55. The van der Waals surface area contributed by atoms with Crippen molar-refractivity contribution in [2.24, 2.45) is 5.73 Å². The smallest absolute Gasteiger partial charge is 0.313 e. The predicted molar refractivity (Wildman–Crippen MR) is 211 cm³/mol. The lowest BCUT2D eigenvalue weighted by Gasteiger charge is -2.11. The van der Waals surface area contributed by atoms with Gasteiger partial charge in [-0.05, 0) is 44.7 Å². The van der Waals surface area contributed by atoms with Gasteiger partial charge in [0.1, 0.15) is 57.2 Å². The van der Waals surface area contributed by atoms with Gasteiger partial charge < -0.3 is 31.2 Å². The molecule has 17 nitrogen and oxygen atoms in total. The summed E-state index contributed by atoms with van der Waals surface area (Å²) in [4.78, 5) is 67.0. The molecule has 1 unspecified atom stereocenters. The first kappa shape index (κ1) is 44.0. The largest absolute Gasteiger partial charge is 0.469 e. The summed E-state index contributed by atoms with van der Waals surface area (Å²) < 4.78 is 36.1. The van der Waals surface area contributed by atoms with E-state index in [1.54, 1.807) is 24.5 Å². The first-order valence-corrected chi connectivity index (χ1v) is 19.1. The van der Waals surface area contributed by atoms with Crippen LogP contribution in [0.1, 0.15) is 48.1 Å². The van der Waals surface area contributed by atoms with E-state index < -0.39 is 5.97 Å². The number of ether oxygens (including phenoxy) is 2. The van der Waals surface area contributed by atoms with E-state index >= 15 is 0 Å². The summed E-state index contributed by atoms with van der Waals surface area (Å²) in [5.41, 5.74) is 7.52. The van der Waals surface area contributed by atoms with Gasteiger partial charge in [-0.1, -0.05) is 22.7 Å². The lowest BCUT2D eigenvalue weighted by Crippen LogP contribution is -2.30. The number of pyridine rings is 2. The molecule has 0 aliphatic rings. The van der Waals surface area contributed by atoms with Crippen LogP contribution in [0.4, 0.5) is 20.4 Å². The minimum absolute atomic E-state index is 0.0205. The molecule has 6 rings (SSSR count). The summed E-state index contributed by atoms with van der Waals surface area (Å²) in [6.45, 7) is 4.93. The number of hydrogen-bond acceptors (Lipinski definition) is 19. The van der Waals surface area contributed by atoms with Crippen LogP contribution in [0.5, 0.6) is 0 Å². The van der Waals surface area contributed by atoms with Crippen LogP contribution in [0.15, 0.2) is 49.3 Å². The third kappa shape index (κ3) is 14.0. The van der Waals surface area contributed by atoms with E-state index in [4.69, 9.17) is 5.73 Å². The van der Waals surface area contributed by atoms with Crippen LogP contribution in [0.2, 0.25) is 0 Å². The molecule has 0 spiro atoms. The molecule has 0 saturated heterocycles. The molecule has 0 saturated carbocycles. The Balaban J connectivity index is 0.000000218. The number of esters is 2. The number of rotatable bonds is 16. The number of nitrogens with two attached hydrogens (primary N) is 1. The minimum Gasteiger partial charge on any atom is -0.469 e. The zero-order valence-electron chi connectivity index (χ0n) is 31.6. The number of halogens is 2. The van der Waals surface area contributed by atoms with Gasteiger partial charge in [0.15, 0.2) is 11.6 Å². The number of hydrogen-bond donors (Lipinski definition) is 4. The van der Waals surface area contributed by atoms with Crippen LogP contribution >= 0.6 is 22.7 Å². The zero-order valence-corrected chi connectivity index (χ0v) is 33.3. The average molecular weight is 825 g/mol. The molecule has 0 bridgehead atoms. The van der Waals surface area contributed by atoms with Gasteiger partial charge in [-0.3, -0.25) is 24.4 Å². The third-order valence-electron chi connectivity index (χ3n) is 7.51. The molecule has 0 aliphatic heterocycles. The molecule has 0 radical (unpaired) electrons. The highest BCUT2D eigenvalue weighted by atomic mass is 32.1. The van der Waals surface area contributed by atoms with E-state index in [0.717, 1.165) is 19.7 Å². The van der Waals surface area contributed by atoms with E-state index in [0.29, 0.717) is 66.4 Å². The molecule has 21 heteroatoms. The first-order valence-electron chi connectivity index (χ1n) is 17.4. The summed E-state index contributed by atoms with van der Waals surface area (Å²) >= 11 is 2.97. The highest BCUT2D eigenvalue weighted by Gasteiger charge is 2.14. The van der Waals surface area contributed by atoms with Crippen LogP contribution < -0.4 is 21.7 Å². The Bertz CT molecular complexity index is 2240. The number of fused-ring (bicyclic) bond motifs is 2. The number of carbonyl (C=O) groups excluding carboxylic acids is 3. The van der Waals surface area contributed by atoms with E-state index in [1.165, 1.54) is 68.6 Å². The summed E-state index contributed by atoms with van der Waals surface area (Å²) in [5, 5.41) is 11.2. The maximum Gasteiger partial charge on any atom is 0.313 e. The van der Waals surface area contributed by atoms with Crippen molar-refractivity contribution in [3.63, 3.8) is 0 Å². The summed E-state index contributed by atoms with van der Waals surface area (Å²) in [6.07, 6.45) is 7.62. The molecule has 302 valence electrons. The Morgan fingerprint density at radius 1 is 0.772 bits per heavy atom. The van der Waals surface area contributed by atoms with Crippen LogP contribution in [0.3, 0.4) is 0 Å². The Morgan fingerprint density at radius 3 is 1.72 bits per heavy atom. The molecule has 0 aliphatic carbocycles. The number of carbonyl (C=O) groups is 3. The number of nitrogens with zero attached hydrogens (tertiary/aromatic N) is 8. The lowest BCUT2D eigenvalue weighted by atomic mass is 10.2. The molecule has 0 aromatic carbocycles. The Morgan fingerprint density at radius 2 is 1.28 bits per heavy atom. The van der Waals surface area contributed by atoms with Gasteiger partial charge >= 0.3 is 11.9 Å². The minimum atomic E-state index is -0.475. The number of nitrogens with one attached hydrogen (secondary N) is 3. The van der Waals surface area contributed by atoms with Crippen molar-refractivity contribution in [1.82, 2.24) is 45.2 Å². The predicted octanol–water partition coefficient (Wildman–Crippen LogP) is 4.19. The van der Waals surface area contributed by atoms with Gasteiger partial charge in [0.05, 0.1) is 55.1 Å². The standard InChI is InChI=1S/C18H21FN6O2S.C13H13FN6S.C5H8O3/c1-11(8-15(26)27-2)20-7-5-14-25-16-17(23-10-24-18(16)28-14)22-9-13-12(19)4-3-6-21-13;14-8-2-1-5-16-9(8)6-17-12-11-13(19-7-18-12)21-10(20-11)3-4-15;1-4(6)3-5(7)8-2/h3-4,6,10-11,20H,5,7-9H2,1-2H3,(H,22,23,24);1-2,5,7H,3-4,6,15H2,(H,17,18,19);3H2,1-2H3. The second kappa shape index (κ2) is 22.7. The lowest BCUT2D eigenvalue weighted by molar-refractivity contribution is -0.143. The molecule has 5 N–H and O–H groups in total. The van der Waals surface area contributed by atoms with Crippen molar-refractivity contribution >= 4 is 72.7 Å². The number of aromatic nitrogens is 8. The molecular formula is C36H42F2N12O5S2. The van der Waals surface area contributed by atoms with Gasteiger partial charge in [-0.2, -0.15) is 0 Å². The number of Topliss-reactive ketones (excluding diaryl/α,β-unsaturated/α-hetero) is 1. The maximum absolute atomic E-state index is 13.7. The number of ketones is 1. The molecule has 6 aromatic rings. The monoisotopic (exact) mass is 824 g/mol. The fourth-order valence-electron chi connectivity index (χ4n) is 4.73. The van der Waals surface area contributed by atoms with Gasteiger partial charge in [0, 0.05) is 37.8 Å². The highest BCUT2D eigenvalue weighted by molar-refractivity contribution is 7.18.